The lowest BCUT2D eigenvalue weighted by molar-refractivity contribution is 0.959. The van der Waals surface area contributed by atoms with E-state index in [2.05, 4.69) is 20.3 Å². The second-order valence-corrected chi connectivity index (χ2v) is 3.42. The Bertz CT molecular complexity index is 442. The van der Waals surface area contributed by atoms with E-state index in [1.807, 2.05) is 25.1 Å². The molecule has 2 heterocycles. The molecule has 0 bridgehead atoms. The molecule has 4 heteroatoms. The minimum atomic E-state index is 0.738. The smallest absolute Gasteiger partial charge is 0.135 e. The van der Waals surface area contributed by atoms with Gasteiger partial charge in [0.1, 0.15) is 11.6 Å². The Labute approximate surface area is 94.8 Å². The van der Waals surface area contributed by atoms with Crippen molar-refractivity contribution in [3.63, 3.8) is 0 Å². The molecule has 0 atom stereocenters. The number of rotatable bonds is 4. The third kappa shape index (κ3) is 2.76. The van der Waals surface area contributed by atoms with E-state index in [-0.39, 0.29) is 0 Å². The quantitative estimate of drug-likeness (QED) is 0.844. The van der Waals surface area contributed by atoms with Crippen LogP contribution in [0.1, 0.15) is 18.3 Å². The lowest BCUT2D eigenvalue weighted by Crippen LogP contribution is -2.03. The van der Waals surface area contributed by atoms with Crippen molar-refractivity contribution < 1.29 is 0 Å². The van der Waals surface area contributed by atoms with Crippen molar-refractivity contribution in [3.8, 4) is 0 Å². The fourth-order valence-electron chi connectivity index (χ4n) is 1.45. The number of anilines is 1. The van der Waals surface area contributed by atoms with Gasteiger partial charge in [-0.1, -0.05) is 0 Å². The standard InChI is InChI=1S/C12H14N4/c1-2-14-11-5-8-15-12(16-11)9-10-3-6-13-7-4-10/h3-8H,2,9H2,1H3,(H,14,15,16). The van der Waals surface area contributed by atoms with Crippen molar-refractivity contribution in [1.82, 2.24) is 15.0 Å². The van der Waals surface area contributed by atoms with E-state index in [0.29, 0.717) is 0 Å². The van der Waals surface area contributed by atoms with Gasteiger partial charge in [0.25, 0.3) is 0 Å². The van der Waals surface area contributed by atoms with E-state index in [9.17, 15) is 0 Å². The Morgan fingerprint density at radius 1 is 1.12 bits per heavy atom. The number of hydrogen-bond donors (Lipinski definition) is 1. The van der Waals surface area contributed by atoms with Gasteiger partial charge in [-0.15, -0.1) is 0 Å². The van der Waals surface area contributed by atoms with Crippen LogP contribution in [0.3, 0.4) is 0 Å². The second kappa shape index (κ2) is 5.21. The molecule has 0 aliphatic rings. The van der Waals surface area contributed by atoms with Gasteiger partial charge in [-0.05, 0) is 30.7 Å². The van der Waals surface area contributed by atoms with Crippen LogP contribution in [0.5, 0.6) is 0 Å². The first kappa shape index (κ1) is 10.5. The third-order valence-corrected chi connectivity index (χ3v) is 2.17. The zero-order valence-corrected chi connectivity index (χ0v) is 9.22. The molecule has 0 aliphatic heterocycles. The summed E-state index contributed by atoms with van der Waals surface area (Å²) >= 11 is 0. The lowest BCUT2D eigenvalue weighted by Gasteiger charge is -2.04. The van der Waals surface area contributed by atoms with E-state index in [0.717, 1.165) is 24.6 Å². The maximum atomic E-state index is 4.42. The molecule has 0 unspecified atom stereocenters. The number of nitrogens with zero attached hydrogens (tertiary/aromatic N) is 3. The predicted octanol–water partition coefficient (Wildman–Crippen LogP) is 1.89. The van der Waals surface area contributed by atoms with E-state index in [1.165, 1.54) is 5.56 Å². The molecule has 0 saturated heterocycles. The topological polar surface area (TPSA) is 50.7 Å². The average molecular weight is 214 g/mol. The molecule has 0 radical (unpaired) electrons. The SMILES string of the molecule is CCNc1ccnc(Cc2ccncc2)n1. The van der Waals surface area contributed by atoms with Crippen LogP contribution >= 0.6 is 0 Å². The van der Waals surface area contributed by atoms with Crippen molar-refractivity contribution in [2.75, 3.05) is 11.9 Å². The highest BCUT2D eigenvalue weighted by Crippen LogP contribution is 2.06. The summed E-state index contributed by atoms with van der Waals surface area (Å²) in [5.74, 6) is 1.70. The van der Waals surface area contributed by atoms with Crippen molar-refractivity contribution in [2.24, 2.45) is 0 Å². The monoisotopic (exact) mass is 214 g/mol. The summed E-state index contributed by atoms with van der Waals surface area (Å²) in [6.07, 6.45) is 6.08. The maximum Gasteiger partial charge on any atom is 0.135 e. The van der Waals surface area contributed by atoms with Gasteiger partial charge in [-0.3, -0.25) is 4.98 Å². The second-order valence-electron chi connectivity index (χ2n) is 3.42. The Morgan fingerprint density at radius 3 is 2.69 bits per heavy atom. The van der Waals surface area contributed by atoms with E-state index < -0.39 is 0 Å². The zero-order valence-electron chi connectivity index (χ0n) is 9.22. The normalized spacial score (nSPS) is 10.1. The van der Waals surface area contributed by atoms with Crippen LogP contribution in [0.25, 0.3) is 0 Å². The molecular formula is C12H14N4. The third-order valence-electron chi connectivity index (χ3n) is 2.17. The van der Waals surface area contributed by atoms with Crippen LogP contribution in [0.4, 0.5) is 5.82 Å². The summed E-state index contributed by atoms with van der Waals surface area (Å²) in [5.41, 5.74) is 1.17. The van der Waals surface area contributed by atoms with Crippen LogP contribution in [0, 0.1) is 0 Å². The Kier molecular flexibility index (Phi) is 3.43. The first-order valence-electron chi connectivity index (χ1n) is 5.33. The Hall–Kier alpha value is -1.97. The van der Waals surface area contributed by atoms with E-state index in [1.54, 1.807) is 18.6 Å². The van der Waals surface area contributed by atoms with Gasteiger partial charge < -0.3 is 5.32 Å². The molecule has 2 aromatic rings. The highest BCUT2D eigenvalue weighted by molar-refractivity contribution is 5.33. The molecule has 16 heavy (non-hydrogen) atoms. The molecule has 0 fully saturated rings. The van der Waals surface area contributed by atoms with Crippen LogP contribution in [-0.2, 0) is 6.42 Å². The summed E-state index contributed by atoms with van der Waals surface area (Å²) in [5, 5.41) is 3.17. The van der Waals surface area contributed by atoms with Crippen molar-refractivity contribution in [2.45, 2.75) is 13.3 Å². The minimum Gasteiger partial charge on any atom is -0.370 e. The van der Waals surface area contributed by atoms with Gasteiger partial charge in [0, 0.05) is 31.6 Å². The number of aromatic nitrogens is 3. The molecule has 4 nitrogen and oxygen atoms in total. The lowest BCUT2D eigenvalue weighted by atomic mass is 10.2. The Balaban J connectivity index is 2.12. The summed E-state index contributed by atoms with van der Waals surface area (Å²) < 4.78 is 0. The van der Waals surface area contributed by atoms with Gasteiger partial charge in [0.05, 0.1) is 0 Å². The van der Waals surface area contributed by atoms with Gasteiger partial charge in [-0.25, -0.2) is 9.97 Å². The molecule has 0 amide bonds. The predicted molar refractivity (Wildman–Crippen MR) is 63.2 cm³/mol. The van der Waals surface area contributed by atoms with E-state index >= 15 is 0 Å². The zero-order chi connectivity index (χ0) is 11.2. The van der Waals surface area contributed by atoms with Gasteiger partial charge in [0.15, 0.2) is 0 Å². The molecule has 82 valence electrons. The first-order chi connectivity index (χ1) is 7.88. The first-order valence-corrected chi connectivity index (χ1v) is 5.33. The summed E-state index contributed by atoms with van der Waals surface area (Å²) in [4.78, 5) is 12.6. The minimum absolute atomic E-state index is 0.738. The fraction of sp³-hybridized carbons (Fsp3) is 0.250. The molecule has 1 N–H and O–H groups in total. The van der Waals surface area contributed by atoms with Gasteiger partial charge >= 0.3 is 0 Å². The maximum absolute atomic E-state index is 4.42. The van der Waals surface area contributed by atoms with Gasteiger partial charge in [-0.2, -0.15) is 0 Å². The molecule has 0 aliphatic carbocycles. The highest BCUT2D eigenvalue weighted by atomic mass is 15.0. The molecule has 0 spiro atoms. The van der Waals surface area contributed by atoms with Crippen LogP contribution in [-0.4, -0.2) is 21.5 Å². The van der Waals surface area contributed by atoms with Gasteiger partial charge in [0.2, 0.25) is 0 Å². The Morgan fingerprint density at radius 2 is 1.94 bits per heavy atom. The molecule has 0 aromatic carbocycles. The molecule has 2 rings (SSSR count). The van der Waals surface area contributed by atoms with Crippen LogP contribution in [0.2, 0.25) is 0 Å². The molecular weight excluding hydrogens is 200 g/mol. The fourth-order valence-corrected chi connectivity index (χ4v) is 1.45. The highest BCUT2D eigenvalue weighted by Gasteiger charge is 2.00. The number of hydrogen-bond acceptors (Lipinski definition) is 4. The summed E-state index contributed by atoms with van der Waals surface area (Å²) in [6, 6.07) is 5.83. The average Bonchev–Trinajstić information content (AvgIpc) is 2.31. The number of nitrogens with one attached hydrogen (secondary N) is 1. The van der Waals surface area contributed by atoms with Crippen molar-refractivity contribution >= 4 is 5.82 Å². The van der Waals surface area contributed by atoms with E-state index in [4.69, 9.17) is 0 Å². The molecule has 0 saturated carbocycles. The summed E-state index contributed by atoms with van der Waals surface area (Å²) in [6.45, 7) is 2.91. The van der Waals surface area contributed by atoms with Crippen LogP contribution in [0.15, 0.2) is 36.8 Å². The molecule has 2 aromatic heterocycles. The van der Waals surface area contributed by atoms with Crippen LogP contribution < -0.4 is 5.32 Å². The van der Waals surface area contributed by atoms with Crippen molar-refractivity contribution in [3.05, 3.63) is 48.2 Å². The number of pyridine rings is 1. The van der Waals surface area contributed by atoms with Crippen molar-refractivity contribution in [1.29, 1.82) is 0 Å². The largest absolute Gasteiger partial charge is 0.370 e. The summed E-state index contributed by atoms with van der Waals surface area (Å²) in [7, 11) is 0.